The van der Waals surface area contributed by atoms with Crippen molar-refractivity contribution >= 4 is 5.91 Å². The van der Waals surface area contributed by atoms with Crippen molar-refractivity contribution < 1.29 is 4.79 Å². The number of aromatic nitrogens is 4. The molecule has 1 atom stereocenters. The molecule has 1 saturated heterocycles. The van der Waals surface area contributed by atoms with E-state index in [9.17, 15) is 4.79 Å². The lowest BCUT2D eigenvalue weighted by Gasteiger charge is -2.25. The second kappa shape index (κ2) is 6.55. The molecule has 0 unspecified atom stereocenters. The van der Waals surface area contributed by atoms with Crippen LogP contribution in [0.4, 0.5) is 0 Å². The van der Waals surface area contributed by atoms with E-state index in [2.05, 4.69) is 10.2 Å². The highest BCUT2D eigenvalue weighted by atomic mass is 16.2. The van der Waals surface area contributed by atoms with Gasteiger partial charge in [0.15, 0.2) is 0 Å². The van der Waals surface area contributed by atoms with Gasteiger partial charge in [0.1, 0.15) is 0 Å². The van der Waals surface area contributed by atoms with Crippen molar-refractivity contribution in [3.05, 3.63) is 66.2 Å². The first kappa shape index (κ1) is 15.6. The Kier molecular flexibility index (Phi) is 4.09. The number of aryl methyl sites for hydroxylation is 1. The van der Waals surface area contributed by atoms with Crippen molar-refractivity contribution in [3.63, 3.8) is 0 Å². The Hall–Kier alpha value is -2.89. The number of benzene rings is 1. The van der Waals surface area contributed by atoms with E-state index in [1.165, 1.54) is 0 Å². The molecule has 0 saturated carbocycles. The van der Waals surface area contributed by atoms with Crippen LogP contribution in [-0.2, 0) is 6.54 Å². The molecule has 0 bridgehead atoms. The average Bonchev–Trinajstić information content (AvgIpc) is 3.37. The maximum atomic E-state index is 13.2. The van der Waals surface area contributed by atoms with Gasteiger partial charge in [0.05, 0.1) is 30.0 Å². The third-order valence-electron chi connectivity index (χ3n) is 4.68. The molecule has 1 aliphatic rings. The molecule has 128 valence electrons. The fourth-order valence-electron chi connectivity index (χ4n) is 3.50. The van der Waals surface area contributed by atoms with Crippen LogP contribution in [0.25, 0.3) is 5.69 Å². The van der Waals surface area contributed by atoms with Crippen LogP contribution in [0, 0.1) is 6.92 Å². The first-order valence-electron chi connectivity index (χ1n) is 8.61. The minimum Gasteiger partial charge on any atom is -0.334 e. The molecule has 0 N–H and O–H groups in total. The number of rotatable bonds is 4. The second-order valence-electron chi connectivity index (χ2n) is 6.50. The summed E-state index contributed by atoms with van der Waals surface area (Å²) in [5.74, 6) is 0.0671. The normalized spacial score (nSPS) is 17.2. The van der Waals surface area contributed by atoms with Gasteiger partial charge in [0.2, 0.25) is 0 Å². The number of carbonyl (C=O) groups excluding carboxylic acids is 1. The molecule has 0 spiro atoms. The maximum Gasteiger partial charge on any atom is 0.256 e. The predicted molar refractivity (Wildman–Crippen MR) is 94.6 cm³/mol. The summed E-state index contributed by atoms with van der Waals surface area (Å²) < 4.78 is 3.68. The van der Waals surface area contributed by atoms with Crippen molar-refractivity contribution in [3.8, 4) is 5.69 Å². The maximum absolute atomic E-state index is 13.2. The zero-order chi connectivity index (χ0) is 17.2. The molecule has 1 aromatic carbocycles. The Balaban J connectivity index is 1.60. The number of hydrogen-bond acceptors (Lipinski definition) is 3. The third-order valence-corrected chi connectivity index (χ3v) is 4.68. The van der Waals surface area contributed by atoms with Crippen LogP contribution >= 0.6 is 0 Å². The summed E-state index contributed by atoms with van der Waals surface area (Å²) in [5, 5.41) is 8.65. The minimum absolute atomic E-state index is 0.0671. The van der Waals surface area contributed by atoms with Crippen molar-refractivity contribution in [2.24, 2.45) is 0 Å². The molecule has 0 radical (unpaired) electrons. The molecule has 4 rings (SSSR count). The largest absolute Gasteiger partial charge is 0.334 e. The van der Waals surface area contributed by atoms with E-state index in [1.807, 2.05) is 65.4 Å². The average molecular weight is 335 g/mol. The van der Waals surface area contributed by atoms with Gasteiger partial charge in [-0.25, -0.2) is 4.68 Å². The van der Waals surface area contributed by atoms with Gasteiger partial charge in [-0.15, -0.1) is 0 Å². The SMILES string of the molecule is Cc1cnn(C[C@@H]2CCCN2C(=O)c2ccccc2-n2cccn2)c1. The smallest absolute Gasteiger partial charge is 0.256 e. The molecule has 6 nitrogen and oxygen atoms in total. The van der Waals surface area contributed by atoms with E-state index in [1.54, 1.807) is 10.9 Å². The number of carbonyl (C=O) groups is 1. The van der Waals surface area contributed by atoms with Gasteiger partial charge in [-0.2, -0.15) is 10.2 Å². The van der Waals surface area contributed by atoms with E-state index in [4.69, 9.17) is 0 Å². The van der Waals surface area contributed by atoms with Crippen LogP contribution < -0.4 is 0 Å². The highest BCUT2D eigenvalue weighted by Gasteiger charge is 2.31. The van der Waals surface area contributed by atoms with Crippen molar-refractivity contribution in [2.75, 3.05) is 6.54 Å². The van der Waals surface area contributed by atoms with Gasteiger partial charge in [-0.3, -0.25) is 9.48 Å². The Morgan fingerprint density at radius 3 is 2.88 bits per heavy atom. The molecule has 2 aromatic heterocycles. The summed E-state index contributed by atoms with van der Waals surface area (Å²) in [6.07, 6.45) is 9.50. The number of amides is 1. The molecule has 6 heteroatoms. The summed E-state index contributed by atoms with van der Waals surface area (Å²) in [4.78, 5) is 15.2. The van der Waals surface area contributed by atoms with E-state index in [-0.39, 0.29) is 11.9 Å². The van der Waals surface area contributed by atoms with Crippen LogP contribution in [-0.4, -0.2) is 43.0 Å². The fourth-order valence-corrected chi connectivity index (χ4v) is 3.50. The highest BCUT2D eigenvalue weighted by Crippen LogP contribution is 2.24. The first-order valence-corrected chi connectivity index (χ1v) is 8.61. The highest BCUT2D eigenvalue weighted by molar-refractivity contribution is 5.98. The standard InChI is InChI=1S/C19H21N5O/c1-15-12-21-22(13-15)14-16-6-4-10-23(16)19(25)17-7-2-3-8-18(17)24-11-5-9-20-24/h2-3,5,7-9,11-13,16H,4,6,10,14H2,1H3/t16-/m0/s1. The minimum atomic E-state index is 0.0671. The topological polar surface area (TPSA) is 56.0 Å². The Morgan fingerprint density at radius 1 is 1.24 bits per heavy atom. The zero-order valence-electron chi connectivity index (χ0n) is 14.2. The van der Waals surface area contributed by atoms with Gasteiger partial charge in [0.25, 0.3) is 5.91 Å². The molecular weight excluding hydrogens is 314 g/mol. The number of hydrogen-bond donors (Lipinski definition) is 0. The van der Waals surface area contributed by atoms with E-state index in [0.29, 0.717) is 5.56 Å². The van der Waals surface area contributed by atoms with Gasteiger partial charge in [-0.05, 0) is 43.5 Å². The summed E-state index contributed by atoms with van der Waals surface area (Å²) in [5.41, 5.74) is 2.65. The fraction of sp³-hybridized carbons (Fsp3) is 0.316. The molecule has 1 fully saturated rings. The van der Waals surface area contributed by atoms with Gasteiger partial charge < -0.3 is 4.90 Å². The first-order chi connectivity index (χ1) is 12.2. The van der Waals surface area contributed by atoms with E-state index in [0.717, 1.165) is 37.2 Å². The van der Waals surface area contributed by atoms with Crippen molar-refractivity contribution in [2.45, 2.75) is 32.4 Å². The summed E-state index contributed by atoms with van der Waals surface area (Å²) >= 11 is 0. The Bertz CT molecular complexity index is 868. The van der Waals surface area contributed by atoms with Crippen LogP contribution in [0.1, 0.15) is 28.8 Å². The van der Waals surface area contributed by atoms with Crippen LogP contribution in [0.15, 0.2) is 55.1 Å². The molecule has 3 heterocycles. The lowest BCUT2D eigenvalue weighted by molar-refractivity contribution is 0.0721. The van der Waals surface area contributed by atoms with E-state index < -0.39 is 0 Å². The quantitative estimate of drug-likeness (QED) is 0.736. The molecule has 3 aromatic rings. The summed E-state index contributed by atoms with van der Waals surface area (Å²) in [7, 11) is 0. The molecular formula is C19H21N5O. The number of likely N-dealkylation sites (tertiary alicyclic amines) is 1. The summed E-state index contributed by atoms with van der Waals surface area (Å²) in [6, 6.07) is 9.69. The third kappa shape index (κ3) is 3.07. The Labute approximate surface area is 146 Å². The van der Waals surface area contributed by atoms with Crippen LogP contribution in [0.3, 0.4) is 0 Å². The Morgan fingerprint density at radius 2 is 2.12 bits per heavy atom. The zero-order valence-corrected chi connectivity index (χ0v) is 14.2. The van der Waals surface area contributed by atoms with Crippen LogP contribution in [0.2, 0.25) is 0 Å². The molecule has 1 amide bonds. The van der Waals surface area contributed by atoms with Gasteiger partial charge in [0, 0.05) is 25.1 Å². The molecule has 25 heavy (non-hydrogen) atoms. The molecule has 0 aliphatic carbocycles. The van der Waals surface area contributed by atoms with E-state index >= 15 is 0 Å². The lowest BCUT2D eigenvalue weighted by Crippen LogP contribution is -2.38. The summed E-state index contributed by atoms with van der Waals surface area (Å²) in [6.45, 7) is 3.56. The van der Waals surface area contributed by atoms with Crippen LogP contribution in [0.5, 0.6) is 0 Å². The van der Waals surface area contributed by atoms with Crippen molar-refractivity contribution in [1.82, 2.24) is 24.5 Å². The molecule has 1 aliphatic heterocycles. The van der Waals surface area contributed by atoms with Gasteiger partial charge >= 0.3 is 0 Å². The number of para-hydroxylation sites is 1. The van der Waals surface area contributed by atoms with Crippen molar-refractivity contribution in [1.29, 1.82) is 0 Å². The monoisotopic (exact) mass is 335 g/mol. The van der Waals surface area contributed by atoms with Gasteiger partial charge in [-0.1, -0.05) is 12.1 Å². The lowest BCUT2D eigenvalue weighted by atomic mass is 10.1. The second-order valence-corrected chi connectivity index (χ2v) is 6.50. The predicted octanol–water partition coefficient (Wildman–Crippen LogP) is 2.68. The number of nitrogens with zero attached hydrogens (tertiary/aromatic N) is 5.